The lowest BCUT2D eigenvalue weighted by Crippen LogP contribution is -2.19. The van der Waals surface area contributed by atoms with Gasteiger partial charge in [0.25, 0.3) is 5.91 Å². The van der Waals surface area contributed by atoms with Gasteiger partial charge >= 0.3 is 6.03 Å². The van der Waals surface area contributed by atoms with E-state index in [4.69, 9.17) is 23.2 Å². The Bertz CT molecular complexity index is 1390. The second-order valence-corrected chi connectivity index (χ2v) is 8.06. The monoisotopic (exact) mass is 482 g/mol. The van der Waals surface area contributed by atoms with Crippen LogP contribution in [0.15, 0.2) is 66.7 Å². The minimum Gasteiger partial charge on any atom is -0.321 e. The van der Waals surface area contributed by atoms with Gasteiger partial charge in [-0.05, 0) is 67.6 Å². The number of urea groups is 1. The van der Waals surface area contributed by atoms with Crippen LogP contribution in [0.5, 0.6) is 0 Å². The van der Waals surface area contributed by atoms with Crippen molar-refractivity contribution in [2.45, 2.75) is 6.92 Å². The fraction of sp³-hybridized carbons (Fsp3) is 0.0417. The smallest absolute Gasteiger partial charge is 0.321 e. The molecule has 0 radical (unpaired) electrons. The molecule has 0 aliphatic carbocycles. The summed E-state index contributed by atoms with van der Waals surface area (Å²) >= 11 is 11.7. The van der Waals surface area contributed by atoms with E-state index in [1.54, 1.807) is 48.5 Å². The minimum absolute atomic E-state index is 0.0972. The number of aromatic nitrogens is 1. The summed E-state index contributed by atoms with van der Waals surface area (Å²) in [6.07, 6.45) is 0. The number of hydrogen-bond donors (Lipinski definition) is 3. The number of pyridine rings is 1. The Morgan fingerprint density at radius 3 is 2.33 bits per heavy atom. The third-order valence-corrected chi connectivity index (χ3v) is 5.23. The Balaban J connectivity index is 1.58. The summed E-state index contributed by atoms with van der Waals surface area (Å²) in [5.41, 5.74) is 3.13. The zero-order chi connectivity index (χ0) is 23.5. The molecule has 9 heteroatoms. The fourth-order valence-electron chi connectivity index (χ4n) is 3.23. The van der Waals surface area contributed by atoms with Crippen LogP contribution in [0.3, 0.4) is 0 Å². The van der Waals surface area contributed by atoms with Crippen LogP contribution in [0.1, 0.15) is 16.1 Å². The van der Waals surface area contributed by atoms with Crippen molar-refractivity contribution in [1.82, 2.24) is 4.98 Å². The Morgan fingerprint density at radius 1 is 0.879 bits per heavy atom. The van der Waals surface area contributed by atoms with E-state index < -0.39 is 11.8 Å². The number of fused-ring (bicyclic) bond motifs is 1. The maximum Gasteiger partial charge on any atom is 0.323 e. The van der Waals surface area contributed by atoms with E-state index >= 15 is 0 Å². The van der Waals surface area contributed by atoms with Gasteiger partial charge in [0.05, 0.1) is 16.2 Å². The van der Waals surface area contributed by atoms with Gasteiger partial charge < -0.3 is 16.0 Å². The molecule has 6 nitrogen and oxygen atoms in total. The first-order valence-electron chi connectivity index (χ1n) is 9.80. The highest BCUT2D eigenvalue weighted by Gasteiger charge is 2.12. The summed E-state index contributed by atoms with van der Waals surface area (Å²) in [6, 6.07) is 16.8. The molecule has 0 aliphatic heterocycles. The number of anilines is 3. The lowest BCUT2D eigenvalue weighted by Gasteiger charge is -2.13. The third-order valence-electron chi connectivity index (χ3n) is 4.71. The number of halogens is 3. The van der Waals surface area contributed by atoms with E-state index in [2.05, 4.69) is 20.9 Å². The topological polar surface area (TPSA) is 83.1 Å². The molecule has 0 saturated carbocycles. The van der Waals surface area contributed by atoms with E-state index in [9.17, 15) is 14.0 Å². The molecule has 0 spiro atoms. The van der Waals surface area contributed by atoms with Crippen molar-refractivity contribution in [2.24, 2.45) is 0 Å². The zero-order valence-electron chi connectivity index (χ0n) is 17.2. The molecule has 4 rings (SSSR count). The van der Waals surface area contributed by atoms with Crippen LogP contribution in [0.4, 0.5) is 26.2 Å². The highest BCUT2D eigenvalue weighted by atomic mass is 35.5. The van der Waals surface area contributed by atoms with Gasteiger partial charge in [-0.15, -0.1) is 0 Å². The quantitative estimate of drug-likeness (QED) is 0.296. The van der Waals surface area contributed by atoms with Crippen molar-refractivity contribution in [3.05, 3.63) is 93.8 Å². The number of rotatable bonds is 4. The molecule has 166 valence electrons. The maximum absolute atomic E-state index is 13.3. The summed E-state index contributed by atoms with van der Waals surface area (Å²) in [7, 11) is 0. The Hall–Kier alpha value is -3.68. The molecule has 3 amide bonds. The molecular formula is C24H17Cl2FN4O2. The van der Waals surface area contributed by atoms with Crippen LogP contribution >= 0.6 is 23.2 Å². The summed E-state index contributed by atoms with van der Waals surface area (Å²) in [6.45, 7) is 1.82. The third kappa shape index (κ3) is 5.39. The number of hydrogen-bond acceptors (Lipinski definition) is 3. The molecule has 0 unspecified atom stereocenters. The van der Waals surface area contributed by atoms with Crippen LogP contribution in [-0.4, -0.2) is 16.9 Å². The van der Waals surface area contributed by atoms with Crippen molar-refractivity contribution in [1.29, 1.82) is 0 Å². The van der Waals surface area contributed by atoms with Crippen LogP contribution in [0, 0.1) is 12.7 Å². The predicted molar refractivity (Wildman–Crippen MR) is 130 cm³/mol. The minimum atomic E-state index is -0.577. The van der Waals surface area contributed by atoms with Crippen molar-refractivity contribution < 1.29 is 14.0 Å². The molecule has 0 saturated heterocycles. The first-order chi connectivity index (χ1) is 15.8. The number of aryl methyl sites for hydroxylation is 1. The number of benzene rings is 3. The van der Waals surface area contributed by atoms with Crippen LogP contribution in [-0.2, 0) is 0 Å². The molecular weight excluding hydrogens is 466 g/mol. The van der Waals surface area contributed by atoms with Gasteiger partial charge in [0.1, 0.15) is 5.82 Å². The van der Waals surface area contributed by atoms with Gasteiger partial charge in [-0.3, -0.25) is 9.78 Å². The van der Waals surface area contributed by atoms with Crippen molar-refractivity contribution in [2.75, 3.05) is 16.0 Å². The van der Waals surface area contributed by atoms with Crippen LogP contribution < -0.4 is 16.0 Å². The van der Waals surface area contributed by atoms with Crippen molar-refractivity contribution in [3.63, 3.8) is 0 Å². The average molecular weight is 483 g/mol. The van der Waals surface area contributed by atoms with Crippen molar-refractivity contribution in [3.8, 4) is 0 Å². The maximum atomic E-state index is 13.3. The van der Waals surface area contributed by atoms with Crippen LogP contribution in [0.2, 0.25) is 10.0 Å². The summed E-state index contributed by atoms with van der Waals surface area (Å²) < 4.78 is 13.3. The van der Waals surface area contributed by atoms with Gasteiger partial charge in [-0.25, -0.2) is 9.18 Å². The van der Waals surface area contributed by atoms with Gasteiger partial charge in [-0.1, -0.05) is 29.3 Å². The largest absolute Gasteiger partial charge is 0.323 e. The lowest BCUT2D eigenvalue weighted by atomic mass is 10.1. The Morgan fingerprint density at radius 2 is 1.61 bits per heavy atom. The van der Waals surface area contributed by atoms with Gasteiger partial charge in [0, 0.05) is 33.0 Å². The van der Waals surface area contributed by atoms with Crippen LogP contribution in [0.25, 0.3) is 10.9 Å². The second kappa shape index (κ2) is 9.44. The molecule has 3 N–H and O–H groups in total. The molecule has 33 heavy (non-hydrogen) atoms. The summed E-state index contributed by atoms with van der Waals surface area (Å²) in [4.78, 5) is 29.6. The summed E-state index contributed by atoms with van der Waals surface area (Å²) in [5.74, 6) is -0.902. The molecule has 0 fully saturated rings. The second-order valence-electron chi connectivity index (χ2n) is 7.22. The van der Waals surface area contributed by atoms with E-state index in [1.165, 1.54) is 12.1 Å². The van der Waals surface area contributed by atoms with Crippen molar-refractivity contribution >= 4 is 63.1 Å². The normalized spacial score (nSPS) is 10.7. The molecule has 3 aromatic carbocycles. The Labute approximate surface area is 198 Å². The molecule has 0 atom stereocenters. The van der Waals surface area contributed by atoms with E-state index in [0.29, 0.717) is 38.6 Å². The Kier molecular flexibility index (Phi) is 6.44. The van der Waals surface area contributed by atoms with E-state index in [1.807, 2.05) is 6.92 Å². The summed E-state index contributed by atoms with van der Waals surface area (Å²) in [5, 5.41) is 9.18. The first kappa shape index (κ1) is 22.5. The number of amides is 3. The SMILES string of the molecule is Cc1cc(NC(=O)c2cccc(Cl)c2)c2cc(NC(=O)Nc3ccc(F)c(Cl)c3)ccc2n1. The zero-order valence-corrected chi connectivity index (χ0v) is 18.8. The van der Waals surface area contributed by atoms with Gasteiger partial charge in [0.15, 0.2) is 0 Å². The predicted octanol–water partition coefficient (Wildman–Crippen LogP) is 6.89. The lowest BCUT2D eigenvalue weighted by molar-refractivity contribution is 0.102. The molecule has 0 bridgehead atoms. The van der Waals surface area contributed by atoms with Gasteiger partial charge in [0.2, 0.25) is 0 Å². The highest BCUT2D eigenvalue weighted by Crippen LogP contribution is 2.27. The molecule has 1 aromatic heterocycles. The molecule has 0 aliphatic rings. The standard InChI is InChI=1S/C24H17Cl2FN4O2/c1-13-9-22(31-23(32)14-3-2-4-15(25)10-14)18-11-16(6-8-21(18)28-13)29-24(33)30-17-5-7-20(27)19(26)12-17/h2-12H,1H3,(H,28,31,32)(H2,29,30,33). The van der Waals surface area contributed by atoms with Gasteiger partial charge in [-0.2, -0.15) is 0 Å². The molecule has 4 aromatic rings. The van der Waals surface area contributed by atoms with E-state index in [0.717, 1.165) is 11.8 Å². The van der Waals surface area contributed by atoms with E-state index in [-0.39, 0.29) is 10.9 Å². The average Bonchev–Trinajstić information content (AvgIpc) is 2.76. The first-order valence-corrected chi connectivity index (χ1v) is 10.6. The number of carbonyl (C=O) groups excluding carboxylic acids is 2. The number of nitrogens with one attached hydrogen (secondary N) is 3. The number of nitrogens with zero attached hydrogens (tertiary/aromatic N) is 1. The fourth-order valence-corrected chi connectivity index (χ4v) is 3.60. The molecule has 1 heterocycles. The number of carbonyl (C=O) groups is 2. The highest BCUT2D eigenvalue weighted by molar-refractivity contribution is 6.31.